The van der Waals surface area contributed by atoms with Gasteiger partial charge in [-0.1, -0.05) is 61.3 Å². The molecule has 2 heterocycles. The summed E-state index contributed by atoms with van der Waals surface area (Å²) in [5, 5.41) is 11.0. The molecule has 7 heteroatoms. The van der Waals surface area contributed by atoms with Crippen LogP contribution in [-0.2, 0) is 6.61 Å². The fourth-order valence-electron chi connectivity index (χ4n) is 1.56. The molecule has 0 atom stereocenters. The minimum atomic E-state index is 0.218. The third-order valence-electron chi connectivity index (χ3n) is 2.60. The van der Waals surface area contributed by atoms with Crippen molar-refractivity contribution < 1.29 is 4.74 Å². The Morgan fingerprint density at radius 1 is 1.11 bits per heavy atom. The molecule has 0 aliphatic rings. The highest BCUT2D eigenvalue weighted by Gasteiger charge is 2.07. The standard InChI is InChI=1S/C13H18N6O.C3H8.2C2H6/c1-2-3-6-15-12-11(8-16-13(14)18-12)20-9-10-5-4-7-17-19-10;1-3-2;2*1-2/h4-5,7-8H,2-3,6,9H2,1H3,(H3,14,15,16,18);3H2,1-2H3;2*1-2H3. The number of hydrogen-bond donors (Lipinski definition) is 2. The van der Waals surface area contributed by atoms with Gasteiger partial charge in [-0.2, -0.15) is 15.2 Å². The maximum Gasteiger partial charge on any atom is 0.222 e. The molecule has 154 valence electrons. The molecule has 2 rings (SSSR count). The van der Waals surface area contributed by atoms with Crippen LogP contribution in [0.3, 0.4) is 0 Å². The highest BCUT2D eigenvalue weighted by Crippen LogP contribution is 2.22. The van der Waals surface area contributed by atoms with Gasteiger partial charge in [0.25, 0.3) is 0 Å². The van der Waals surface area contributed by atoms with Crippen molar-refractivity contribution in [3.8, 4) is 5.75 Å². The molecule has 0 aliphatic carbocycles. The van der Waals surface area contributed by atoms with Crippen molar-refractivity contribution >= 4 is 11.8 Å². The van der Waals surface area contributed by atoms with Crippen LogP contribution in [-0.4, -0.2) is 26.7 Å². The highest BCUT2D eigenvalue weighted by atomic mass is 16.5. The molecular formula is C20H38N6O. The molecule has 2 aromatic heterocycles. The van der Waals surface area contributed by atoms with Gasteiger partial charge in [-0.05, 0) is 18.6 Å². The van der Waals surface area contributed by atoms with Gasteiger partial charge in [-0.3, -0.25) is 0 Å². The van der Waals surface area contributed by atoms with Crippen molar-refractivity contribution in [3.05, 3.63) is 30.2 Å². The van der Waals surface area contributed by atoms with Gasteiger partial charge < -0.3 is 15.8 Å². The number of rotatable bonds is 7. The molecule has 0 unspecified atom stereocenters. The number of anilines is 2. The fraction of sp³-hybridized carbons (Fsp3) is 0.600. The molecule has 7 nitrogen and oxygen atoms in total. The largest absolute Gasteiger partial charge is 0.482 e. The highest BCUT2D eigenvalue weighted by molar-refractivity contribution is 5.51. The molecule has 0 bridgehead atoms. The first kappa shape index (κ1) is 26.8. The Labute approximate surface area is 165 Å². The van der Waals surface area contributed by atoms with Crippen LogP contribution in [0.2, 0.25) is 0 Å². The monoisotopic (exact) mass is 378 g/mol. The lowest BCUT2D eigenvalue weighted by Crippen LogP contribution is -2.09. The maximum atomic E-state index is 5.66. The van der Waals surface area contributed by atoms with Gasteiger partial charge in [0, 0.05) is 12.7 Å². The molecule has 0 amide bonds. The second-order valence-electron chi connectivity index (χ2n) is 4.93. The first-order valence-corrected chi connectivity index (χ1v) is 9.96. The summed E-state index contributed by atoms with van der Waals surface area (Å²) in [6.07, 6.45) is 6.58. The van der Waals surface area contributed by atoms with E-state index >= 15 is 0 Å². The van der Waals surface area contributed by atoms with E-state index in [1.165, 1.54) is 6.42 Å². The average molecular weight is 379 g/mol. The second-order valence-corrected chi connectivity index (χ2v) is 4.93. The quantitative estimate of drug-likeness (QED) is 0.646. The summed E-state index contributed by atoms with van der Waals surface area (Å²) in [5.41, 5.74) is 6.34. The van der Waals surface area contributed by atoms with Crippen molar-refractivity contribution in [1.29, 1.82) is 0 Å². The predicted octanol–water partition coefficient (Wildman–Crippen LogP) is 5.11. The van der Waals surface area contributed by atoms with E-state index in [4.69, 9.17) is 10.5 Å². The normalized spacial score (nSPS) is 8.70. The summed E-state index contributed by atoms with van der Waals surface area (Å²) < 4.78 is 5.66. The lowest BCUT2D eigenvalue weighted by molar-refractivity contribution is 0.299. The Hall–Kier alpha value is -2.44. The Bertz CT molecular complexity index is 551. The van der Waals surface area contributed by atoms with Crippen molar-refractivity contribution in [2.24, 2.45) is 0 Å². The number of ether oxygens (including phenoxy) is 1. The zero-order valence-electron chi connectivity index (χ0n) is 18.1. The summed E-state index contributed by atoms with van der Waals surface area (Å²) in [5.74, 6) is 1.38. The van der Waals surface area contributed by atoms with Gasteiger partial charge >= 0.3 is 0 Å². The van der Waals surface area contributed by atoms with E-state index in [0.717, 1.165) is 25.1 Å². The molecule has 0 aromatic carbocycles. The second kappa shape index (κ2) is 19.9. The number of unbranched alkanes of at least 4 members (excludes halogenated alkanes) is 1. The van der Waals surface area contributed by atoms with Gasteiger partial charge in [0.2, 0.25) is 5.95 Å². The molecule has 2 aromatic rings. The van der Waals surface area contributed by atoms with Crippen molar-refractivity contribution in [2.45, 2.75) is 74.3 Å². The van der Waals surface area contributed by atoms with Crippen LogP contribution in [0, 0.1) is 0 Å². The lowest BCUT2D eigenvalue weighted by atomic mass is 10.3. The third kappa shape index (κ3) is 13.4. The summed E-state index contributed by atoms with van der Waals surface area (Å²) in [6, 6.07) is 3.65. The van der Waals surface area contributed by atoms with Crippen molar-refractivity contribution in [3.63, 3.8) is 0 Å². The van der Waals surface area contributed by atoms with Crippen LogP contribution in [0.1, 0.15) is 73.4 Å². The molecule has 0 radical (unpaired) electrons. The first-order valence-electron chi connectivity index (χ1n) is 9.96. The summed E-state index contributed by atoms with van der Waals surface area (Å²) in [6.45, 7) is 15.5. The van der Waals surface area contributed by atoms with E-state index < -0.39 is 0 Å². The van der Waals surface area contributed by atoms with Gasteiger partial charge in [-0.15, -0.1) is 0 Å². The van der Waals surface area contributed by atoms with Crippen LogP contribution in [0.15, 0.2) is 24.5 Å². The molecule has 0 saturated carbocycles. The maximum absolute atomic E-state index is 5.66. The van der Waals surface area contributed by atoms with Gasteiger partial charge in [-0.25, -0.2) is 4.98 Å². The van der Waals surface area contributed by atoms with E-state index in [-0.39, 0.29) is 5.95 Å². The van der Waals surface area contributed by atoms with Crippen LogP contribution >= 0.6 is 0 Å². The van der Waals surface area contributed by atoms with Crippen molar-refractivity contribution in [2.75, 3.05) is 17.6 Å². The Morgan fingerprint density at radius 3 is 2.33 bits per heavy atom. The number of nitrogens with two attached hydrogens (primary N) is 1. The van der Waals surface area contributed by atoms with E-state index in [1.54, 1.807) is 12.4 Å². The van der Waals surface area contributed by atoms with E-state index in [9.17, 15) is 0 Å². The molecular weight excluding hydrogens is 340 g/mol. The zero-order valence-corrected chi connectivity index (χ0v) is 18.1. The molecule has 0 spiro atoms. The number of hydrogen-bond acceptors (Lipinski definition) is 7. The summed E-state index contributed by atoms with van der Waals surface area (Å²) in [7, 11) is 0. The molecule has 0 saturated heterocycles. The predicted molar refractivity (Wildman–Crippen MR) is 115 cm³/mol. The number of nitrogens with one attached hydrogen (secondary N) is 1. The molecule has 0 aliphatic heterocycles. The molecule has 3 N–H and O–H groups in total. The van der Waals surface area contributed by atoms with E-state index in [2.05, 4.69) is 46.3 Å². The van der Waals surface area contributed by atoms with E-state index in [0.29, 0.717) is 18.2 Å². The lowest BCUT2D eigenvalue weighted by Gasteiger charge is -2.11. The van der Waals surface area contributed by atoms with Crippen LogP contribution in [0.5, 0.6) is 5.75 Å². The Balaban J connectivity index is 0. The Morgan fingerprint density at radius 2 is 1.78 bits per heavy atom. The van der Waals surface area contributed by atoms with Gasteiger partial charge in [0.15, 0.2) is 11.6 Å². The van der Waals surface area contributed by atoms with Gasteiger partial charge in [0.1, 0.15) is 12.3 Å². The average Bonchev–Trinajstić information content (AvgIpc) is 2.72. The van der Waals surface area contributed by atoms with Crippen LogP contribution in [0.25, 0.3) is 0 Å². The van der Waals surface area contributed by atoms with Crippen LogP contribution in [0.4, 0.5) is 11.8 Å². The third-order valence-corrected chi connectivity index (χ3v) is 2.60. The molecule has 0 fully saturated rings. The van der Waals surface area contributed by atoms with Gasteiger partial charge in [0.05, 0.1) is 6.20 Å². The number of nitrogens with zero attached hydrogens (tertiary/aromatic N) is 4. The SMILES string of the molecule is CC.CC.CCC.CCCCNc1nc(N)ncc1OCc1cccnn1. The fourth-order valence-corrected chi connectivity index (χ4v) is 1.56. The topological polar surface area (TPSA) is 98.8 Å². The molecule has 27 heavy (non-hydrogen) atoms. The minimum Gasteiger partial charge on any atom is -0.482 e. The summed E-state index contributed by atoms with van der Waals surface area (Å²) >= 11 is 0. The van der Waals surface area contributed by atoms with Crippen LogP contribution < -0.4 is 15.8 Å². The number of nitrogen functional groups attached to an aromatic ring is 1. The first-order chi connectivity index (χ1) is 13.2. The van der Waals surface area contributed by atoms with Crippen molar-refractivity contribution in [1.82, 2.24) is 20.2 Å². The zero-order chi connectivity index (χ0) is 20.9. The van der Waals surface area contributed by atoms with E-state index in [1.807, 2.05) is 39.8 Å². The number of aromatic nitrogens is 4. The summed E-state index contributed by atoms with van der Waals surface area (Å²) in [4.78, 5) is 8.10. The smallest absolute Gasteiger partial charge is 0.222 e. The minimum absolute atomic E-state index is 0.218. The Kier molecular flexibility index (Phi) is 19.7.